The summed E-state index contributed by atoms with van der Waals surface area (Å²) in [5, 5.41) is 0. The minimum atomic E-state index is -0.542. The minimum absolute atomic E-state index is 0.317. The Balaban J connectivity index is 1.40. The van der Waals surface area contributed by atoms with E-state index < -0.39 is 17.8 Å². The second-order valence-electron chi connectivity index (χ2n) is 7.56. The molecule has 8 heteroatoms. The van der Waals surface area contributed by atoms with Crippen LogP contribution in [0.2, 0.25) is 0 Å². The molecule has 0 aliphatic carbocycles. The van der Waals surface area contributed by atoms with Crippen LogP contribution in [0.25, 0.3) is 0 Å². The van der Waals surface area contributed by atoms with E-state index in [-0.39, 0.29) is 6.61 Å². The fourth-order valence-electron chi connectivity index (χ4n) is 3.01. The van der Waals surface area contributed by atoms with Gasteiger partial charge in [0.25, 0.3) is 11.8 Å². The molecule has 0 unspecified atom stereocenters. The van der Waals surface area contributed by atoms with E-state index in [1.54, 1.807) is 48.5 Å². The van der Waals surface area contributed by atoms with E-state index in [0.29, 0.717) is 35.8 Å². The van der Waals surface area contributed by atoms with Crippen LogP contribution in [0.4, 0.5) is 0 Å². The molecular weight excluding hydrogens is 448 g/mol. The smallest absolute Gasteiger partial charge is 0.338 e. The lowest BCUT2D eigenvalue weighted by Gasteiger charge is -2.11. The molecule has 0 radical (unpaired) electrons. The van der Waals surface area contributed by atoms with Crippen molar-refractivity contribution in [3.05, 3.63) is 95.6 Å². The van der Waals surface area contributed by atoms with Crippen LogP contribution in [-0.4, -0.2) is 37.6 Å². The third-order valence-electron chi connectivity index (χ3n) is 4.81. The maximum atomic E-state index is 12.4. The zero-order valence-corrected chi connectivity index (χ0v) is 19.5. The first-order valence-corrected chi connectivity index (χ1v) is 11.3. The van der Waals surface area contributed by atoms with Gasteiger partial charge in [0.15, 0.2) is 6.61 Å². The zero-order valence-electron chi connectivity index (χ0n) is 19.5. The Morgan fingerprint density at radius 1 is 0.743 bits per heavy atom. The van der Waals surface area contributed by atoms with E-state index in [4.69, 9.17) is 14.2 Å². The normalized spacial score (nSPS) is 10.2. The number of benzene rings is 3. The molecule has 0 fully saturated rings. The highest BCUT2D eigenvalue weighted by atomic mass is 16.5. The van der Waals surface area contributed by atoms with Crippen molar-refractivity contribution in [2.75, 3.05) is 19.8 Å². The monoisotopic (exact) mass is 476 g/mol. The Morgan fingerprint density at radius 3 is 2.26 bits per heavy atom. The van der Waals surface area contributed by atoms with Gasteiger partial charge in [0.05, 0.1) is 18.8 Å². The molecule has 0 aromatic heterocycles. The van der Waals surface area contributed by atoms with Gasteiger partial charge in [0, 0.05) is 12.0 Å². The van der Waals surface area contributed by atoms with Crippen LogP contribution in [0.5, 0.6) is 11.5 Å². The average Bonchev–Trinajstić information content (AvgIpc) is 2.90. The molecule has 3 aromatic rings. The number of carbonyl (C=O) groups is 3. The first-order valence-electron chi connectivity index (χ1n) is 11.3. The summed E-state index contributed by atoms with van der Waals surface area (Å²) in [7, 11) is 0. The number of carbonyl (C=O) groups excluding carboxylic acids is 3. The molecule has 8 nitrogen and oxygen atoms in total. The van der Waals surface area contributed by atoms with E-state index in [2.05, 4.69) is 10.9 Å². The Hall–Kier alpha value is -4.33. The predicted molar refractivity (Wildman–Crippen MR) is 130 cm³/mol. The standard InChI is InChI=1S/C27H28N2O6/c1-2-16-34-27(32)21-11-13-23(14-12-21)35-19-25(30)28-29-26(31)22-9-6-10-24(18-22)33-17-15-20-7-4-3-5-8-20/h3-14,18H,2,15-17,19H2,1H3,(H,28,30)(H,29,31). The van der Waals surface area contributed by atoms with Gasteiger partial charge in [0.1, 0.15) is 11.5 Å². The lowest BCUT2D eigenvalue weighted by Crippen LogP contribution is -2.43. The number of ether oxygens (including phenoxy) is 3. The van der Waals surface area contributed by atoms with Crippen molar-refractivity contribution in [1.82, 2.24) is 10.9 Å². The van der Waals surface area contributed by atoms with Crippen LogP contribution in [0.15, 0.2) is 78.9 Å². The molecule has 3 rings (SSSR count). The lowest BCUT2D eigenvalue weighted by atomic mass is 10.2. The summed E-state index contributed by atoms with van der Waals surface area (Å²) in [5.74, 6) is -0.476. The van der Waals surface area contributed by atoms with Gasteiger partial charge in [-0.25, -0.2) is 4.79 Å². The highest BCUT2D eigenvalue weighted by Gasteiger charge is 2.10. The van der Waals surface area contributed by atoms with E-state index in [0.717, 1.165) is 18.4 Å². The summed E-state index contributed by atoms with van der Waals surface area (Å²) >= 11 is 0. The molecule has 0 saturated carbocycles. The molecule has 0 spiro atoms. The first-order chi connectivity index (χ1) is 17.0. The van der Waals surface area contributed by atoms with E-state index >= 15 is 0 Å². The van der Waals surface area contributed by atoms with Crippen molar-refractivity contribution in [3.8, 4) is 11.5 Å². The van der Waals surface area contributed by atoms with Gasteiger partial charge in [-0.1, -0.05) is 43.3 Å². The summed E-state index contributed by atoms with van der Waals surface area (Å²) in [6, 6.07) is 22.9. The SMILES string of the molecule is CCCOC(=O)c1ccc(OCC(=O)NNC(=O)c2cccc(OCCc3ccccc3)c2)cc1. The second kappa shape index (κ2) is 13.4. The molecule has 0 saturated heterocycles. The maximum Gasteiger partial charge on any atom is 0.338 e. The molecule has 0 atom stereocenters. The van der Waals surface area contributed by atoms with Crippen LogP contribution in [-0.2, 0) is 16.0 Å². The van der Waals surface area contributed by atoms with Crippen molar-refractivity contribution in [2.45, 2.75) is 19.8 Å². The van der Waals surface area contributed by atoms with Crippen LogP contribution >= 0.6 is 0 Å². The van der Waals surface area contributed by atoms with E-state index in [1.807, 2.05) is 37.3 Å². The lowest BCUT2D eigenvalue weighted by molar-refractivity contribution is -0.123. The molecule has 2 amide bonds. The zero-order chi connectivity index (χ0) is 24.9. The number of rotatable bonds is 11. The van der Waals surface area contributed by atoms with Gasteiger partial charge in [-0.3, -0.25) is 20.4 Å². The predicted octanol–water partition coefficient (Wildman–Crippen LogP) is 3.71. The Labute approximate surface area is 204 Å². The van der Waals surface area contributed by atoms with Crippen LogP contribution in [0.1, 0.15) is 39.6 Å². The number of hydrazine groups is 1. The van der Waals surface area contributed by atoms with Crippen LogP contribution in [0.3, 0.4) is 0 Å². The molecule has 0 aliphatic heterocycles. The summed E-state index contributed by atoms with van der Waals surface area (Å²) in [6.07, 6.45) is 1.49. The van der Waals surface area contributed by atoms with E-state index in [1.165, 1.54) is 0 Å². The minimum Gasteiger partial charge on any atom is -0.493 e. The fourth-order valence-corrected chi connectivity index (χ4v) is 3.01. The van der Waals surface area contributed by atoms with Gasteiger partial charge in [-0.2, -0.15) is 0 Å². The third kappa shape index (κ3) is 8.51. The topological polar surface area (TPSA) is 103 Å². The number of hydrogen-bond donors (Lipinski definition) is 2. The van der Waals surface area contributed by atoms with Gasteiger partial charge >= 0.3 is 5.97 Å². The van der Waals surface area contributed by atoms with E-state index in [9.17, 15) is 14.4 Å². The second-order valence-corrected chi connectivity index (χ2v) is 7.56. The Kier molecular flexibility index (Phi) is 9.68. The van der Waals surface area contributed by atoms with Gasteiger partial charge in [-0.05, 0) is 54.4 Å². The van der Waals surface area contributed by atoms with Crippen molar-refractivity contribution >= 4 is 17.8 Å². The number of nitrogens with one attached hydrogen (secondary N) is 2. The molecular formula is C27H28N2O6. The number of hydrogen-bond acceptors (Lipinski definition) is 6. The molecule has 3 aromatic carbocycles. The van der Waals surface area contributed by atoms with Crippen molar-refractivity contribution in [1.29, 1.82) is 0 Å². The number of esters is 1. The van der Waals surface area contributed by atoms with Crippen molar-refractivity contribution < 1.29 is 28.6 Å². The van der Waals surface area contributed by atoms with Crippen LogP contribution < -0.4 is 20.3 Å². The summed E-state index contributed by atoms with van der Waals surface area (Å²) < 4.78 is 16.2. The Bertz CT molecular complexity index is 1120. The highest BCUT2D eigenvalue weighted by Crippen LogP contribution is 2.15. The molecule has 182 valence electrons. The third-order valence-corrected chi connectivity index (χ3v) is 4.81. The number of amides is 2. The van der Waals surface area contributed by atoms with Crippen molar-refractivity contribution in [3.63, 3.8) is 0 Å². The quantitative estimate of drug-likeness (QED) is 0.323. The van der Waals surface area contributed by atoms with Crippen LogP contribution in [0, 0.1) is 0 Å². The van der Waals surface area contributed by atoms with Gasteiger partial charge in [0.2, 0.25) is 0 Å². The Morgan fingerprint density at radius 2 is 1.51 bits per heavy atom. The van der Waals surface area contributed by atoms with Gasteiger partial charge < -0.3 is 14.2 Å². The first kappa shape index (κ1) is 25.3. The molecule has 0 bridgehead atoms. The largest absolute Gasteiger partial charge is 0.493 e. The molecule has 0 aliphatic rings. The molecule has 0 heterocycles. The van der Waals surface area contributed by atoms with Crippen molar-refractivity contribution in [2.24, 2.45) is 0 Å². The summed E-state index contributed by atoms with van der Waals surface area (Å²) in [4.78, 5) is 36.2. The van der Waals surface area contributed by atoms with Gasteiger partial charge in [-0.15, -0.1) is 0 Å². The molecule has 35 heavy (non-hydrogen) atoms. The highest BCUT2D eigenvalue weighted by molar-refractivity contribution is 5.95. The summed E-state index contributed by atoms with van der Waals surface area (Å²) in [6.45, 7) is 2.43. The molecule has 2 N–H and O–H groups in total. The summed E-state index contributed by atoms with van der Waals surface area (Å²) in [5.41, 5.74) is 6.56. The fraction of sp³-hybridized carbons (Fsp3) is 0.222. The maximum absolute atomic E-state index is 12.4. The average molecular weight is 477 g/mol.